The van der Waals surface area contributed by atoms with Crippen LogP contribution in [0.25, 0.3) is 16.6 Å². The molecule has 0 aliphatic rings. The lowest BCUT2D eigenvalue weighted by Gasteiger charge is -2.09. The number of alkyl halides is 6. The predicted molar refractivity (Wildman–Crippen MR) is 92.8 cm³/mol. The van der Waals surface area contributed by atoms with Gasteiger partial charge in [0.25, 0.3) is 0 Å². The number of sulfonamides is 1. The first-order chi connectivity index (χ1) is 13.3. The number of halogens is 6. The third-order valence-electron chi connectivity index (χ3n) is 4.02. The average molecular weight is 437 g/mol. The van der Waals surface area contributed by atoms with Gasteiger partial charge in [-0.05, 0) is 42.5 Å². The van der Waals surface area contributed by atoms with Crippen molar-refractivity contribution in [1.82, 2.24) is 14.5 Å². The molecule has 12 heteroatoms. The summed E-state index contributed by atoms with van der Waals surface area (Å²) in [4.78, 5) is 0. The van der Waals surface area contributed by atoms with Crippen LogP contribution in [-0.4, -0.2) is 24.5 Å². The summed E-state index contributed by atoms with van der Waals surface area (Å²) in [5.41, 5.74) is -1.50. The summed E-state index contributed by atoms with van der Waals surface area (Å²) in [7, 11) is -3.65. The first-order valence-electron chi connectivity index (χ1n) is 7.97. The highest BCUT2D eigenvalue weighted by Crippen LogP contribution is 2.34. The SMILES string of the molecule is CS(=O)(=O)NCc1nn(-c2ccc(C(F)(F)F)cc2)c2ccc(C(F)(F)F)cc12. The van der Waals surface area contributed by atoms with E-state index in [1.54, 1.807) is 0 Å². The van der Waals surface area contributed by atoms with Gasteiger partial charge >= 0.3 is 12.4 Å². The van der Waals surface area contributed by atoms with E-state index in [1.165, 1.54) is 0 Å². The van der Waals surface area contributed by atoms with E-state index in [0.29, 0.717) is 0 Å². The number of nitrogens with zero attached hydrogens (tertiary/aromatic N) is 2. The molecule has 1 aromatic heterocycles. The molecule has 1 N–H and O–H groups in total. The molecule has 3 rings (SSSR count). The number of hydrogen-bond acceptors (Lipinski definition) is 3. The van der Waals surface area contributed by atoms with Gasteiger partial charge in [0.2, 0.25) is 10.0 Å². The molecular formula is C17H13F6N3O2S. The average Bonchev–Trinajstić information content (AvgIpc) is 2.96. The highest BCUT2D eigenvalue weighted by Gasteiger charge is 2.32. The minimum absolute atomic E-state index is 0.00331. The van der Waals surface area contributed by atoms with Crippen molar-refractivity contribution >= 4 is 20.9 Å². The van der Waals surface area contributed by atoms with Crippen molar-refractivity contribution in [2.45, 2.75) is 18.9 Å². The first-order valence-corrected chi connectivity index (χ1v) is 9.86. The van der Waals surface area contributed by atoms with Crippen LogP contribution in [0, 0.1) is 0 Å². The van der Waals surface area contributed by atoms with E-state index in [1.807, 2.05) is 0 Å². The number of nitrogens with one attached hydrogen (secondary N) is 1. The zero-order valence-corrected chi connectivity index (χ0v) is 15.5. The standard InChI is InChI=1S/C17H13F6N3O2S/c1-29(27,28)24-9-14-13-8-11(17(21,22)23)4-7-15(13)26(25-14)12-5-2-10(3-6-12)16(18,19)20/h2-8,24H,9H2,1H3. The molecule has 0 atom stereocenters. The molecule has 2 aromatic carbocycles. The summed E-state index contributed by atoms with van der Waals surface area (Å²) in [6.45, 7) is -0.385. The fourth-order valence-electron chi connectivity index (χ4n) is 2.68. The van der Waals surface area contributed by atoms with Gasteiger partial charge in [-0.15, -0.1) is 0 Å². The molecule has 156 valence electrons. The summed E-state index contributed by atoms with van der Waals surface area (Å²) in [6, 6.07) is 6.66. The fraction of sp³-hybridized carbons (Fsp3) is 0.235. The molecule has 5 nitrogen and oxygen atoms in total. The lowest BCUT2D eigenvalue weighted by molar-refractivity contribution is -0.138. The van der Waals surface area contributed by atoms with Crippen molar-refractivity contribution in [3.63, 3.8) is 0 Å². The number of benzene rings is 2. The van der Waals surface area contributed by atoms with E-state index in [-0.39, 0.29) is 28.8 Å². The maximum atomic E-state index is 13.1. The summed E-state index contributed by atoms with van der Waals surface area (Å²) < 4.78 is 103. The van der Waals surface area contributed by atoms with Crippen molar-refractivity contribution in [3.05, 3.63) is 59.3 Å². The molecule has 0 saturated carbocycles. The molecule has 0 aliphatic carbocycles. The lowest BCUT2D eigenvalue weighted by Crippen LogP contribution is -2.21. The van der Waals surface area contributed by atoms with Crippen LogP contribution in [0.5, 0.6) is 0 Å². The van der Waals surface area contributed by atoms with Crippen molar-refractivity contribution in [3.8, 4) is 5.69 Å². The molecule has 0 unspecified atom stereocenters. The van der Waals surface area contributed by atoms with Gasteiger partial charge in [-0.2, -0.15) is 31.4 Å². The van der Waals surface area contributed by atoms with Crippen LogP contribution in [0.3, 0.4) is 0 Å². The van der Waals surface area contributed by atoms with Gasteiger partial charge in [0.05, 0.1) is 40.8 Å². The van der Waals surface area contributed by atoms with Gasteiger partial charge in [-0.3, -0.25) is 0 Å². The van der Waals surface area contributed by atoms with Gasteiger partial charge in [0, 0.05) is 5.39 Å². The second-order valence-corrected chi connectivity index (χ2v) is 8.06. The number of rotatable bonds is 4. The van der Waals surface area contributed by atoms with Gasteiger partial charge in [-0.25, -0.2) is 17.8 Å². The Morgan fingerprint density at radius 2 is 1.48 bits per heavy atom. The van der Waals surface area contributed by atoms with E-state index < -0.39 is 33.5 Å². The monoisotopic (exact) mass is 437 g/mol. The molecule has 0 fully saturated rings. The van der Waals surface area contributed by atoms with Crippen molar-refractivity contribution in [2.75, 3.05) is 6.26 Å². The highest BCUT2D eigenvalue weighted by atomic mass is 32.2. The fourth-order valence-corrected chi connectivity index (χ4v) is 3.07. The van der Waals surface area contributed by atoms with Gasteiger partial charge in [-0.1, -0.05) is 0 Å². The lowest BCUT2D eigenvalue weighted by atomic mass is 10.1. The maximum Gasteiger partial charge on any atom is 0.416 e. The Balaban J connectivity index is 2.14. The van der Waals surface area contributed by atoms with Gasteiger partial charge in [0.1, 0.15) is 0 Å². The molecule has 0 bridgehead atoms. The predicted octanol–water partition coefficient (Wildman–Crippen LogP) is 4.11. The van der Waals surface area contributed by atoms with E-state index >= 15 is 0 Å². The number of hydrogen-bond donors (Lipinski definition) is 1. The van der Waals surface area contributed by atoms with Gasteiger partial charge < -0.3 is 0 Å². The Kier molecular flexibility index (Phi) is 5.11. The van der Waals surface area contributed by atoms with Crippen LogP contribution in [0.4, 0.5) is 26.3 Å². The third kappa shape index (κ3) is 4.70. The van der Waals surface area contributed by atoms with Crippen LogP contribution in [0.2, 0.25) is 0 Å². The van der Waals surface area contributed by atoms with Crippen LogP contribution >= 0.6 is 0 Å². The van der Waals surface area contributed by atoms with Crippen molar-refractivity contribution in [2.24, 2.45) is 0 Å². The van der Waals surface area contributed by atoms with Crippen molar-refractivity contribution < 1.29 is 34.8 Å². The van der Waals surface area contributed by atoms with Crippen LogP contribution in [-0.2, 0) is 28.9 Å². The Hall–Kier alpha value is -2.60. The molecule has 29 heavy (non-hydrogen) atoms. The quantitative estimate of drug-likeness (QED) is 0.625. The molecule has 0 saturated heterocycles. The number of aromatic nitrogens is 2. The highest BCUT2D eigenvalue weighted by molar-refractivity contribution is 7.88. The van der Waals surface area contributed by atoms with Crippen LogP contribution in [0.1, 0.15) is 16.8 Å². The smallest absolute Gasteiger partial charge is 0.233 e. The number of fused-ring (bicyclic) bond motifs is 1. The Labute approximate surface area is 161 Å². The second-order valence-electron chi connectivity index (χ2n) is 6.23. The Morgan fingerprint density at radius 1 is 0.931 bits per heavy atom. The maximum absolute atomic E-state index is 13.1. The minimum Gasteiger partial charge on any atom is -0.233 e. The van der Waals surface area contributed by atoms with E-state index in [2.05, 4.69) is 9.82 Å². The third-order valence-corrected chi connectivity index (χ3v) is 4.69. The topological polar surface area (TPSA) is 64.0 Å². The summed E-state index contributed by atoms with van der Waals surface area (Å²) >= 11 is 0. The molecule has 3 aromatic rings. The molecule has 1 heterocycles. The largest absolute Gasteiger partial charge is 0.416 e. The molecule has 0 spiro atoms. The minimum atomic E-state index is -4.63. The molecule has 0 amide bonds. The van der Waals surface area contributed by atoms with E-state index in [4.69, 9.17) is 0 Å². The molecule has 0 radical (unpaired) electrons. The Bertz CT molecular complexity index is 1150. The zero-order valence-electron chi connectivity index (χ0n) is 14.6. The zero-order chi connectivity index (χ0) is 21.6. The second kappa shape index (κ2) is 7.02. The van der Waals surface area contributed by atoms with E-state index in [0.717, 1.165) is 53.4 Å². The first kappa shape index (κ1) is 21.1. The summed E-state index contributed by atoms with van der Waals surface area (Å²) in [5, 5.41) is 4.14. The van der Waals surface area contributed by atoms with Gasteiger partial charge in [0.15, 0.2) is 0 Å². The Morgan fingerprint density at radius 3 is 2.00 bits per heavy atom. The summed E-state index contributed by atoms with van der Waals surface area (Å²) in [6.07, 6.45) is -8.30. The molecule has 0 aliphatic heterocycles. The molecular weight excluding hydrogens is 424 g/mol. The summed E-state index contributed by atoms with van der Waals surface area (Å²) in [5.74, 6) is 0. The van der Waals surface area contributed by atoms with Crippen molar-refractivity contribution in [1.29, 1.82) is 0 Å². The normalized spacial score (nSPS) is 13.2. The van der Waals surface area contributed by atoms with Crippen LogP contribution < -0.4 is 4.72 Å². The van der Waals surface area contributed by atoms with Crippen LogP contribution in [0.15, 0.2) is 42.5 Å². The van der Waals surface area contributed by atoms with E-state index in [9.17, 15) is 34.8 Å².